The molecular weight excluding hydrogens is 321 g/mol. The maximum Gasteiger partial charge on any atom is 0.0412 e. The van der Waals surface area contributed by atoms with Crippen LogP contribution in [0.25, 0.3) is 10.9 Å². The highest BCUT2D eigenvalue weighted by atomic mass is 35.5. The molecule has 0 aromatic heterocycles. The molecule has 1 atom stereocenters. The molecule has 2 aromatic carbocycles. The Morgan fingerprint density at radius 3 is 2.78 bits per heavy atom. The van der Waals surface area contributed by atoms with E-state index in [0.29, 0.717) is 0 Å². The van der Waals surface area contributed by atoms with Crippen LogP contribution in [0, 0.1) is 6.92 Å². The lowest BCUT2D eigenvalue weighted by atomic mass is 9.99. The molecule has 1 aliphatic heterocycles. The largest absolute Gasteiger partial charge is 0.385 e. The third-order valence-corrected chi connectivity index (χ3v) is 5.57. The maximum absolute atomic E-state index is 6.20. The standard InChI is InChI=1S/C20H21ClNP/c1-3-22-19-13-15(10-9-14(19)2)18-8-5-11-23-20(18)16-6-4-7-17(21)12-16/h4-10,12-13,22-23H,3,11H2,1-2H3. The highest BCUT2D eigenvalue weighted by Crippen LogP contribution is 2.44. The third-order valence-electron chi connectivity index (χ3n) is 3.98. The van der Waals surface area contributed by atoms with Crippen LogP contribution in [0.5, 0.6) is 0 Å². The molecule has 0 aliphatic carbocycles. The lowest BCUT2D eigenvalue weighted by molar-refractivity contribution is 1.20. The van der Waals surface area contributed by atoms with Gasteiger partial charge in [-0.3, -0.25) is 0 Å². The summed E-state index contributed by atoms with van der Waals surface area (Å²) in [5.41, 5.74) is 6.31. The third kappa shape index (κ3) is 3.68. The van der Waals surface area contributed by atoms with Crippen molar-refractivity contribution < 1.29 is 0 Å². The molecule has 3 heteroatoms. The van der Waals surface area contributed by atoms with Gasteiger partial charge in [0.25, 0.3) is 0 Å². The van der Waals surface area contributed by atoms with Crippen molar-refractivity contribution in [2.24, 2.45) is 0 Å². The van der Waals surface area contributed by atoms with E-state index in [1.165, 1.54) is 33.3 Å². The molecule has 1 heterocycles. The van der Waals surface area contributed by atoms with E-state index in [4.69, 9.17) is 11.6 Å². The SMILES string of the molecule is CCNc1cc(C2=C(c3cccc(Cl)c3)PCC=C2)ccc1C. The number of halogens is 1. The van der Waals surface area contributed by atoms with E-state index in [0.717, 1.165) is 26.3 Å². The first-order chi connectivity index (χ1) is 11.2. The second-order valence-electron chi connectivity index (χ2n) is 5.64. The van der Waals surface area contributed by atoms with Crippen LogP contribution in [0.1, 0.15) is 23.6 Å². The van der Waals surface area contributed by atoms with Crippen LogP contribution in [0.15, 0.2) is 54.6 Å². The quantitative estimate of drug-likeness (QED) is 0.653. The second-order valence-corrected chi connectivity index (χ2v) is 7.34. The molecule has 1 aliphatic rings. The Kier molecular flexibility index (Phi) is 5.20. The fourth-order valence-corrected chi connectivity index (χ4v) is 4.24. The van der Waals surface area contributed by atoms with E-state index in [-0.39, 0.29) is 0 Å². The molecule has 0 radical (unpaired) electrons. The van der Waals surface area contributed by atoms with Crippen LogP contribution in [-0.2, 0) is 0 Å². The molecule has 1 nitrogen and oxygen atoms in total. The van der Waals surface area contributed by atoms with Crippen molar-refractivity contribution in [3.05, 3.63) is 76.3 Å². The zero-order valence-corrected chi connectivity index (χ0v) is 15.2. The summed E-state index contributed by atoms with van der Waals surface area (Å²) in [4.78, 5) is 0. The van der Waals surface area contributed by atoms with Gasteiger partial charge >= 0.3 is 0 Å². The minimum Gasteiger partial charge on any atom is -0.385 e. The van der Waals surface area contributed by atoms with Gasteiger partial charge in [0.2, 0.25) is 0 Å². The summed E-state index contributed by atoms with van der Waals surface area (Å²) in [6.07, 6.45) is 5.64. The number of nitrogens with one attached hydrogen (secondary N) is 1. The Balaban J connectivity index is 2.11. The molecule has 0 amide bonds. The topological polar surface area (TPSA) is 12.0 Å². The molecule has 0 saturated heterocycles. The second kappa shape index (κ2) is 7.34. The van der Waals surface area contributed by atoms with Gasteiger partial charge in [-0.25, -0.2) is 0 Å². The summed E-state index contributed by atoms with van der Waals surface area (Å²) in [7, 11) is 0.781. The zero-order valence-electron chi connectivity index (χ0n) is 13.5. The molecule has 1 unspecified atom stereocenters. The normalized spacial score (nSPS) is 15.3. The summed E-state index contributed by atoms with van der Waals surface area (Å²) in [5.74, 6) is 0. The van der Waals surface area contributed by atoms with Gasteiger partial charge in [-0.05, 0) is 65.8 Å². The predicted molar refractivity (Wildman–Crippen MR) is 106 cm³/mol. The highest BCUT2D eigenvalue weighted by Gasteiger charge is 2.13. The van der Waals surface area contributed by atoms with Crippen LogP contribution >= 0.6 is 20.2 Å². The molecule has 0 saturated carbocycles. The molecule has 118 valence electrons. The van der Waals surface area contributed by atoms with E-state index in [1.807, 2.05) is 12.1 Å². The predicted octanol–water partition coefficient (Wildman–Crippen LogP) is 6.20. The number of anilines is 1. The van der Waals surface area contributed by atoms with Gasteiger partial charge in [0.05, 0.1) is 0 Å². The monoisotopic (exact) mass is 341 g/mol. The molecule has 23 heavy (non-hydrogen) atoms. The average molecular weight is 342 g/mol. The van der Waals surface area contributed by atoms with E-state index in [1.54, 1.807) is 0 Å². The highest BCUT2D eigenvalue weighted by molar-refractivity contribution is 7.51. The molecule has 0 fully saturated rings. The molecule has 1 N–H and O–H groups in total. The number of rotatable bonds is 4. The van der Waals surface area contributed by atoms with E-state index in [2.05, 4.69) is 61.6 Å². The summed E-state index contributed by atoms with van der Waals surface area (Å²) in [6.45, 7) is 5.21. The number of allylic oxidation sites excluding steroid dienone is 3. The lowest BCUT2D eigenvalue weighted by Crippen LogP contribution is -2.00. The van der Waals surface area contributed by atoms with Gasteiger partial charge in [0, 0.05) is 17.3 Å². The first-order valence-electron chi connectivity index (χ1n) is 7.94. The van der Waals surface area contributed by atoms with E-state index in [9.17, 15) is 0 Å². The molecule has 2 aromatic rings. The van der Waals surface area contributed by atoms with Crippen LogP contribution < -0.4 is 5.32 Å². The molecule has 0 spiro atoms. The average Bonchev–Trinajstić information content (AvgIpc) is 2.57. The van der Waals surface area contributed by atoms with Gasteiger partial charge < -0.3 is 5.32 Å². The van der Waals surface area contributed by atoms with Crippen molar-refractivity contribution in [1.82, 2.24) is 0 Å². The van der Waals surface area contributed by atoms with Crippen LogP contribution in [0.3, 0.4) is 0 Å². The van der Waals surface area contributed by atoms with Gasteiger partial charge in [-0.1, -0.05) is 56.6 Å². The first-order valence-corrected chi connectivity index (χ1v) is 9.53. The number of hydrogen-bond acceptors (Lipinski definition) is 1. The fourth-order valence-electron chi connectivity index (χ4n) is 2.83. The van der Waals surface area contributed by atoms with Gasteiger partial charge in [0.15, 0.2) is 0 Å². The molecular formula is C20H21ClNP. The van der Waals surface area contributed by atoms with Crippen molar-refractivity contribution in [2.75, 3.05) is 18.0 Å². The van der Waals surface area contributed by atoms with E-state index >= 15 is 0 Å². The summed E-state index contributed by atoms with van der Waals surface area (Å²) >= 11 is 6.20. The van der Waals surface area contributed by atoms with Crippen LogP contribution in [-0.4, -0.2) is 12.7 Å². The Morgan fingerprint density at radius 1 is 1.13 bits per heavy atom. The van der Waals surface area contributed by atoms with Crippen LogP contribution in [0.2, 0.25) is 5.02 Å². The Labute approximate surface area is 145 Å². The van der Waals surface area contributed by atoms with Gasteiger partial charge in [-0.2, -0.15) is 0 Å². The Morgan fingerprint density at radius 2 is 2.00 bits per heavy atom. The van der Waals surface area contributed by atoms with Crippen LogP contribution in [0.4, 0.5) is 5.69 Å². The summed E-state index contributed by atoms with van der Waals surface area (Å²) < 4.78 is 0. The number of aryl methyl sites for hydroxylation is 1. The first kappa shape index (κ1) is 16.3. The van der Waals surface area contributed by atoms with Crippen molar-refractivity contribution in [3.63, 3.8) is 0 Å². The minimum absolute atomic E-state index is 0.781. The maximum atomic E-state index is 6.20. The van der Waals surface area contributed by atoms with E-state index < -0.39 is 0 Å². The Hall–Kier alpha value is -1.56. The van der Waals surface area contributed by atoms with Crippen molar-refractivity contribution >= 4 is 36.8 Å². The Bertz CT molecular complexity index is 777. The molecule has 0 bridgehead atoms. The van der Waals surface area contributed by atoms with Gasteiger partial charge in [0.1, 0.15) is 0 Å². The molecule has 3 rings (SSSR count). The number of hydrogen-bond donors (Lipinski definition) is 1. The van der Waals surface area contributed by atoms with Crippen molar-refractivity contribution in [2.45, 2.75) is 13.8 Å². The van der Waals surface area contributed by atoms with Gasteiger partial charge in [-0.15, -0.1) is 0 Å². The lowest BCUT2D eigenvalue weighted by Gasteiger charge is -2.18. The van der Waals surface area contributed by atoms with Crippen molar-refractivity contribution in [3.8, 4) is 0 Å². The minimum atomic E-state index is 0.781. The smallest absolute Gasteiger partial charge is 0.0412 e. The number of benzene rings is 2. The summed E-state index contributed by atoms with van der Waals surface area (Å²) in [5, 5.41) is 5.65. The fraction of sp³-hybridized carbons (Fsp3) is 0.200. The van der Waals surface area contributed by atoms with Crippen molar-refractivity contribution in [1.29, 1.82) is 0 Å². The summed E-state index contributed by atoms with van der Waals surface area (Å²) in [6, 6.07) is 14.9. The zero-order chi connectivity index (χ0) is 16.2.